The molecule has 0 radical (unpaired) electrons. The first kappa shape index (κ1) is 14.2. The van der Waals surface area contributed by atoms with Crippen molar-refractivity contribution in [3.05, 3.63) is 58.6 Å². The zero-order chi connectivity index (χ0) is 13.8. The van der Waals surface area contributed by atoms with Crippen LogP contribution in [-0.4, -0.2) is 14.2 Å². The van der Waals surface area contributed by atoms with E-state index < -0.39 is 0 Å². The van der Waals surface area contributed by atoms with E-state index in [1.54, 1.807) is 14.2 Å². The largest absolute Gasteiger partial charge is 0.493 e. The van der Waals surface area contributed by atoms with Gasteiger partial charge in [-0.15, -0.1) is 0 Å². The third-order valence-corrected chi connectivity index (χ3v) is 4.13. The van der Waals surface area contributed by atoms with Gasteiger partial charge in [0.15, 0.2) is 11.5 Å². The van der Waals surface area contributed by atoms with Gasteiger partial charge in [0, 0.05) is 5.02 Å². The zero-order valence-electron chi connectivity index (χ0n) is 10.7. The number of halogens is 2. The van der Waals surface area contributed by atoms with Crippen LogP contribution in [0.3, 0.4) is 0 Å². The van der Waals surface area contributed by atoms with Crippen LogP contribution in [0.2, 0.25) is 5.02 Å². The van der Waals surface area contributed by atoms with E-state index in [9.17, 15) is 0 Å². The Bertz CT molecular complexity index is 572. The van der Waals surface area contributed by atoms with Gasteiger partial charge in [0.2, 0.25) is 0 Å². The quantitative estimate of drug-likeness (QED) is 0.741. The average Bonchev–Trinajstić information content (AvgIpc) is 2.45. The van der Waals surface area contributed by atoms with Crippen molar-refractivity contribution < 1.29 is 9.47 Å². The molecule has 0 aliphatic carbocycles. The van der Waals surface area contributed by atoms with Gasteiger partial charge in [0.25, 0.3) is 0 Å². The van der Waals surface area contributed by atoms with E-state index in [1.165, 1.54) is 0 Å². The highest BCUT2D eigenvalue weighted by Crippen LogP contribution is 2.36. The molecule has 0 saturated carbocycles. The Morgan fingerprint density at radius 1 is 0.947 bits per heavy atom. The number of rotatable bonds is 4. The average molecular weight is 342 g/mol. The van der Waals surface area contributed by atoms with Gasteiger partial charge in [-0.1, -0.05) is 45.7 Å². The molecule has 0 aliphatic heterocycles. The van der Waals surface area contributed by atoms with E-state index in [2.05, 4.69) is 15.9 Å². The Hall–Kier alpha value is -1.19. The van der Waals surface area contributed by atoms with Crippen molar-refractivity contribution in [2.75, 3.05) is 14.2 Å². The lowest BCUT2D eigenvalue weighted by atomic mass is 10.0. The molecule has 2 aromatic rings. The summed E-state index contributed by atoms with van der Waals surface area (Å²) in [5.41, 5.74) is 2.18. The van der Waals surface area contributed by atoms with Gasteiger partial charge in [0.05, 0.1) is 19.0 Å². The Morgan fingerprint density at radius 3 is 2.26 bits per heavy atom. The molecule has 0 aliphatic rings. The normalized spacial score (nSPS) is 12.0. The second-order valence-corrected chi connectivity index (χ2v) is 5.38. The molecule has 0 amide bonds. The lowest BCUT2D eigenvalue weighted by molar-refractivity contribution is 0.354. The SMILES string of the molecule is COc1ccc(C(Br)c2cccc(Cl)c2)cc1OC. The topological polar surface area (TPSA) is 18.5 Å². The molecule has 100 valence electrons. The number of benzene rings is 2. The van der Waals surface area contributed by atoms with Gasteiger partial charge in [0.1, 0.15) is 0 Å². The summed E-state index contributed by atoms with van der Waals surface area (Å²) in [6.07, 6.45) is 0. The summed E-state index contributed by atoms with van der Waals surface area (Å²) in [6.45, 7) is 0. The number of methoxy groups -OCH3 is 2. The van der Waals surface area contributed by atoms with Crippen LogP contribution in [0.5, 0.6) is 11.5 Å². The number of hydrogen-bond donors (Lipinski definition) is 0. The Morgan fingerprint density at radius 2 is 1.63 bits per heavy atom. The maximum atomic E-state index is 6.02. The van der Waals surface area contributed by atoms with Crippen molar-refractivity contribution in [3.8, 4) is 11.5 Å². The molecule has 0 bridgehead atoms. The van der Waals surface area contributed by atoms with Gasteiger partial charge in [-0.25, -0.2) is 0 Å². The summed E-state index contributed by atoms with van der Waals surface area (Å²) in [6, 6.07) is 13.6. The smallest absolute Gasteiger partial charge is 0.161 e. The first-order valence-electron chi connectivity index (χ1n) is 5.77. The van der Waals surface area contributed by atoms with Gasteiger partial charge in [-0.05, 0) is 35.4 Å². The maximum absolute atomic E-state index is 6.02. The van der Waals surface area contributed by atoms with E-state index in [0.717, 1.165) is 21.9 Å². The zero-order valence-corrected chi connectivity index (χ0v) is 13.0. The van der Waals surface area contributed by atoms with E-state index in [-0.39, 0.29) is 4.83 Å². The van der Waals surface area contributed by atoms with Gasteiger partial charge in [-0.2, -0.15) is 0 Å². The van der Waals surface area contributed by atoms with E-state index in [1.807, 2.05) is 42.5 Å². The van der Waals surface area contributed by atoms with E-state index in [4.69, 9.17) is 21.1 Å². The minimum Gasteiger partial charge on any atom is -0.493 e. The lowest BCUT2D eigenvalue weighted by Crippen LogP contribution is -1.96. The molecule has 2 aromatic carbocycles. The minimum atomic E-state index is 0.0611. The molecule has 19 heavy (non-hydrogen) atoms. The van der Waals surface area contributed by atoms with Crippen molar-refractivity contribution in [3.63, 3.8) is 0 Å². The molecule has 1 atom stereocenters. The summed E-state index contributed by atoms with van der Waals surface area (Å²) in [5.74, 6) is 1.43. The Balaban J connectivity index is 2.36. The number of ether oxygens (including phenoxy) is 2. The molecule has 0 heterocycles. The van der Waals surface area contributed by atoms with Gasteiger partial charge in [-0.3, -0.25) is 0 Å². The summed E-state index contributed by atoms with van der Waals surface area (Å²) in [7, 11) is 3.25. The van der Waals surface area contributed by atoms with Crippen molar-refractivity contribution >= 4 is 27.5 Å². The van der Waals surface area contributed by atoms with Crippen LogP contribution >= 0.6 is 27.5 Å². The van der Waals surface area contributed by atoms with Crippen LogP contribution in [0.1, 0.15) is 16.0 Å². The predicted molar refractivity (Wildman–Crippen MR) is 81.8 cm³/mol. The first-order valence-corrected chi connectivity index (χ1v) is 7.06. The highest BCUT2D eigenvalue weighted by Gasteiger charge is 2.13. The van der Waals surface area contributed by atoms with Crippen LogP contribution in [0.25, 0.3) is 0 Å². The molecule has 4 heteroatoms. The fraction of sp³-hybridized carbons (Fsp3) is 0.200. The molecular weight excluding hydrogens is 328 g/mol. The molecule has 0 saturated heterocycles. The monoisotopic (exact) mass is 340 g/mol. The van der Waals surface area contributed by atoms with Crippen LogP contribution in [0.4, 0.5) is 0 Å². The summed E-state index contributed by atoms with van der Waals surface area (Å²) in [5, 5.41) is 0.724. The number of hydrogen-bond acceptors (Lipinski definition) is 2. The molecular formula is C15H14BrClO2. The second-order valence-electron chi connectivity index (χ2n) is 4.03. The highest BCUT2D eigenvalue weighted by molar-refractivity contribution is 9.09. The van der Waals surface area contributed by atoms with Gasteiger partial charge < -0.3 is 9.47 Å². The number of alkyl halides is 1. The Labute approximate surface area is 126 Å². The van der Waals surface area contributed by atoms with E-state index in [0.29, 0.717) is 5.75 Å². The van der Waals surface area contributed by atoms with E-state index >= 15 is 0 Å². The van der Waals surface area contributed by atoms with Crippen LogP contribution in [-0.2, 0) is 0 Å². The molecule has 0 N–H and O–H groups in total. The lowest BCUT2D eigenvalue weighted by Gasteiger charge is -2.14. The molecule has 0 aromatic heterocycles. The van der Waals surface area contributed by atoms with Crippen LogP contribution in [0.15, 0.2) is 42.5 Å². The second kappa shape index (κ2) is 6.31. The van der Waals surface area contributed by atoms with Crippen molar-refractivity contribution in [2.45, 2.75) is 4.83 Å². The summed E-state index contributed by atoms with van der Waals surface area (Å²) in [4.78, 5) is 0.0611. The predicted octanol–water partition coefficient (Wildman–Crippen LogP) is 4.84. The Kier molecular flexibility index (Phi) is 4.72. The van der Waals surface area contributed by atoms with Crippen molar-refractivity contribution in [1.82, 2.24) is 0 Å². The van der Waals surface area contributed by atoms with Crippen molar-refractivity contribution in [2.24, 2.45) is 0 Å². The van der Waals surface area contributed by atoms with Crippen LogP contribution in [0, 0.1) is 0 Å². The fourth-order valence-corrected chi connectivity index (χ4v) is 2.64. The molecule has 0 fully saturated rings. The molecule has 1 unspecified atom stereocenters. The first-order chi connectivity index (χ1) is 9.15. The maximum Gasteiger partial charge on any atom is 0.161 e. The third-order valence-electron chi connectivity index (χ3n) is 2.84. The fourth-order valence-electron chi connectivity index (χ4n) is 1.87. The van der Waals surface area contributed by atoms with Gasteiger partial charge >= 0.3 is 0 Å². The minimum absolute atomic E-state index is 0.0611. The molecule has 2 nitrogen and oxygen atoms in total. The standard InChI is InChI=1S/C15H14BrClO2/c1-18-13-7-6-11(9-14(13)19-2)15(16)10-4-3-5-12(17)8-10/h3-9,15H,1-2H3. The molecule has 0 spiro atoms. The highest BCUT2D eigenvalue weighted by atomic mass is 79.9. The summed E-state index contributed by atoms with van der Waals surface area (Å²) >= 11 is 9.70. The van der Waals surface area contributed by atoms with Crippen molar-refractivity contribution in [1.29, 1.82) is 0 Å². The summed E-state index contributed by atoms with van der Waals surface area (Å²) < 4.78 is 10.5. The third kappa shape index (κ3) is 3.23. The molecule has 2 rings (SSSR count). The van der Waals surface area contributed by atoms with Crippen LogP contribution < -0.4 is 9.47 Å².